The molecule has 20 heavy (non-hydrogen) atoms. The minimum absolute atomic E-state index is 0.226. The average molecular weight is 276 g/mol. The van der Waals surface area contributed by atoms with Gasteiger partial charge in [0.25, 0.3) is 0 Å². The number of rotatable bonds is 4. The van der Waals surface area contributed by atoms with E-state index in [1.807, 2.05) is 6.92 Å². The van der Waals surface area contributed by atoms with Gasteiger partial charge in [-0.3, -0.25) is 0 Å². The second kappa shape index (κ2) is 5.83. The molecule has 0 aliphatic carbocycles. The Morgan fingerprint density at radius 3 is 2.85 bits per heavy atom. The first kappa shape index (κ1) is 14.9. The Labute approximate surface area is 121 Å². The first-order valence-corrected chi connectivity index (χ1v) is 7.10. The van der Waals surface area contributed by atoms with Crippen LogP contribution in [0.5, 0.6) is 0 Å². The minimum atomic E-state index is -0.696. The molecule has 4 heteroatoms. The monoisotopic (exact) mass is 276 g/mol. The Morgan fingerprint density at radius 1 is 1.50 bits per heavy atom. The summed E-state index contributed by atoms with van der Waals surface area (Å²) in [5.41, 5.74) is 1.89. The molecule has 1 aliphatic rings. The molecule has 0 aromatic heterocycles. The molecule has 1 aliphatic heterocycles. The maximum Gasteiger partial charge on any atom is 0.327 e. The fraction of sp³-hybridized carbons (Fsp3) is 0.562. The third-order valence-corrected chi connectivity index (χ3v) is 4.13. The highest BCUT2D eigenvalue weighted by molar-refractivity contribution is 5.81. The lowest BCUT2D eigenvalue weighted by molar-refractivity contribution is -0.147. The van der Waals surface area contributed by atoms with E-state index in [1.165, 1.54) is 18.4 Å². The summed E-state index contributed by atoms with van der Waals surface area (Å²) in [6, 6.07) is 8.44. The fourth-order valence-corrected chi connectivity index (χ4v) is 2.91. The van der Waals surface area contributed by atoms with Crippen molar-refractivity contribution in [2.45, 2.75) is 25.8 Å². The van der Waals surface area contributed by atoms with Gasteiger partial charge in [-0.25, -0.2) is 4.79 Å². The van der Waals surface area contributed by atoms with E-state index in [4.69, 9.17) is 4.74 Å². The summed E-state index contributed by atoms with van der Waals surface area (Å²) in [5, 5.41) is 3.11. The molecule has 1 heterocycles. The number of benzene rings is 1. The number of hydrogen-bond donors (Lipinski definition) is 1. The summed E-state index contributed by atoms with van der Waals surface area (Å²) in [7, 11) is 3.24. The van der Waals surface area contributed by atoms with Crippen LogP contribution in [0.25, 0.3) is 0 Å². The molecule has 2 atom stereocenters. The van der Waals surface area contributed by atoms with Crippen LogP contribution in [0.4, 0.5) is 5.69 Å². The number of fused-ring (bicyclic) bond motifs is 1. The summed E-state index contributed by atoms with van der Waals surface area (Å²) in [6.07, 6.45) is 1.10. The number of methoxy groups -OCH3 is 1. The fourth-order valence-electron chi connectivity index (χ4n) is 2.91. The maximum atomic E-state index is 12.0. The maximum absolute atomic E-state index is 12.0. The number of likely N-dealkylation sites (N-methyl/N-ethyl adjacent to an activating group) is 1. The lowest BCUT2D eigenvalue weighted by atomic mass is 9.92. The largest absolute Gasteiger partial charge is 0.468 e. The Bertz CT molecular complexity index is 489. The van der Waals surface area contributed by atoms with Crippen LogP contribution in [0.3, 0.4) is 0 Å². The van der Waals surface area contributed by atoms with Crippen LogP contribution in [0, 0.1) is 5.92 Å². The van der Waals surface area contributed by atoms with Gasteiger partial charge in [-0.15, -0.1) is 0 Å². The van der Waals surface area contributed by atoms with Gasteiger partial charge in [-0.2, -0.15) is 0 Å². The van der Waals surface area contributed by atoms with Gasteiger partial charge in [-0.1, -0.05) is 25.1 Å². The van der Waals surface area contributed by atoms with Crippen LogP contribution in [-0.4, -0.2) is 38.8 Å². The van der Waals surface area contributed by atoms with Crippen molar-refractivity contribution in [1.29, 1.82) is 0 Å². The van der Waals surface area contributed by atoms with Crippen molar-refractivity contribution in [3.63, 3.8) is 0 Å². The molecule has 4 nitrogen and oxygen atoms in total. The molecule has 0 spiro atoms. The Balaban J connectivity index is 2.27. The summed E-state index contributed by atoms with van der Waals surface area (Å²) < 4.78 is 4.93. The molecule has 0 amide bonds. The third-order valence-electron chi connectivity index (χ3n) is 4.13. The highest BCUT2D eigenvalue weighted by Gasteiger charge is 2.36. The van der Waals surface area contributed by atoms with Crippen molar-refractivity contribution in [2.75, 3.05) is 32.1 Å². The van der Waals surface area contributed by atoms with E-state index in [1.54, 1.807) is 7.05 Å². The number of hydrogen-bond acceptors (Lipinski definition) is 4. The van der Waals surface area contributed by atoms with Gasteiger partial charge in [0.2, 0.25) is 0 Å². The van der Waals surface area contributed by atoms with E-state index in [2.05, 4.69) is 41.4 Å². The van der Waals surface area contributed by atoms with Crippen molar-refractivity contribution in [3.05, 3.63) is 29.8 Å². The van der Waals surface area contributed by atoms with Crippen molar-refractivity contribution < 1.29 is 9.53 Å². The van der Waals surface area contributed by atoms with Gasteiger partial charge in [-0.05, 0) is 37.9 Å². The third kappa shape index (κ3) is 2.80. The van der Waals surface area contributed by atoms with Gasteiger partial charge >= 0.3 is 5.97 Å². The van der Waals surface area contributed by atoms with E-state index >= 15 is 0 Å². The molecule has 0 fully saturated rings. The van der Waals surface area contributed by atoms with Gasteiger partial charge in [0, 0.05) is 18.8 Å². The number of carbonyl (C=O) groups excluding carboxylic acids is 1. The minimum Gasteiger partial charge on any atom is -0.468 e. The Hall–Kier alpha value is -1.55. The Morgan fingerprint density at radius 2 is 2.20 bits per heavy atom. The van der Waals surface area contributed by atoms with E-state index in [9.17, 15) is 4.79 Å². The Kier molecular flexibility index (Phi) is 4.33. The molecule has 0 saturated heterocycles. The second-order valence-electron chi connectivity index (χ2n) is 5.89. The number of anilines is 1. The van der Waals surface area contributed by atoms with Crippen LogP contribution in [-0.2, 0) is 16.0 Å². The van der Waals surface area contributed by atoms with Gasteiger partial charge in [0.1, 0.15) is 5.54 Å². The SMILES string of the molecule is CNC(C)(CN1CC(C)Cc2ccccc21)C(=O)OC. The lowest BCUT2D eigenvalue weighted by Gasteiger charge is -2.39. The van der Waals surface area contributed by atoms with Crippen molar-refractivity contribution in [3.8, 4) is 0 Å². The standard InChI is InChI=1S/C16H24N2O2/c1-12-9-13-7-5-6-8-14(13)18(10-12)11-16(2,17-3)15(19)20-4/h5-8,12,17H,9-11H2,1-4H3. The number of para-hydroxylation sites is 1. The molecule has 1 N–H and O–H groups in total. The zero-order chi connectivity index (χ0) is 14.8. The molecule has 0 radical (unpaired) electrons. The first-order valence-electron chi connectivity index (χ1n) is 7.10. The van der Waals surface area contributed by atoms with Crippen LogP contribution >= 0.6 is 0 Å². The van der Waals surface area contributed by atoms with Crippen molar-refractivity contribution >= 4 is 11.7 Å². The summed E-state index contributed by atoms with van der Waals surface area (Å²) in [4.78, 5) is 14.3. The predicted octanol–water partition coefficient (Wildman–Crippen LogP) is 1.84. The van der Waals surface area contributed by atoms with Crippen LogP contribution in [0.1, 0.15) is 19.4 Å². The van der Waals surface area contributed by atoms with Gasteiger partial charge < -0.3 is 15.0 Å². The summed E-state index contributed by atoms with van der Waals surface area (Å²) in [5.74, 6) is 0.361. The summed E-state index contributed by atoms with van der Waals surface area (Å²) >= 11 is 0. The topological polar surface area (TPSA) is 41.6 Å². The molecular formula is C16H24N2O2. The molecule has 0 saturated carbocycles. The van der Waals surface area contributed by atoms with Gasteiger partial charge in [0.15, 0.2) is 0 Å². The number of ether oxygens (including phenoxy) is 1. The van der Waals surface area contributed by atoms with Gasteiger partial charge in [0.05, 0.1) is 7.11 Å². The number of carbonyl (C=O) groups is 1. The number of nitrogens with zero attached hydrogens (tertiary/aromatic N) is 1. The molecule has 1 aromatic carbocycles. The molecule has 110 valence electrons. The first-order chi connectivity index (χ1) is 9.50. The lowest BCUT2D eigenvalue weighted by Crippen LogP contribution is -2.57. The highest BCUT2D eigenvalue weighted by Crippen LogP contribution is 2.30. The number of esters is 1. The highest BCUT2D eigenvalue weighted by atomic mass is 16.5. The molecule has 0 bridgehead atoms. The molecule has 1 aromatic rings. The quantitative estimate of drug-likeness (QED) is 0.852. The smallest absolute Gasteiger partial charge is 0.327 e. The van der Waals surface area contributed by atoms with E-state index < -0.39 is 5.54 Å². The summed E-state index contributed by atoms with van der Waals surface area (Å²) in [6.45, 7) is 5.71. The molecule has 2 rings (SSSR count). The normalized spacial score (nSPS) is 21.0. The average Bonchev–Trinajstić information content (AvgIpc) is 2.46. The molecule has 2 unspecified atom stereocenters. The van der Waals surface area contributed by atoms with Crippen molar-refractivity contribution in [2.24, 2.45) is 5.92 Å². The number of nitrogens with one attached hydrogen (secondary N) is 1. The van der Waals surface area contributed by atoms with Crippen LogP contribution in [0.2, 0.25) is 0 Å². The van der Waals surface area contributed by atoms with E-state index in [0.717, 1.165) is 13.0 Å². The van der Waals surface area contributed by atoms with Crippen molar-refractivity contribution in [1.82, 2.24) is 5.32 Å². The van der Waals surface area contributed by atoms with E-state index in [0.29, 0.717) is 12.5 Å². The molecular weight excluding hydrogens is 252 g/mol. The van der Waals surface area contributed by atoms with Crippen LogP contribution < -0.4 is 10.2 Å². The van der Waals surface area contributed by atoms with E-state index in [-0.39, 0.29) is 5.97 Å². The zero-order valence-electron chi connectivity index (χ0n) is 12.8. The van der Waals surface area contributed by atoms with Crippen LogP contribution in [0.15, 0.2) is 24.3 Å². The predicted molar refractivity (Wildman–Crippen MR) is 81.0 cm³/mol. The second-order valence-corrected chi connectivity index (χ2v) is 5.89. The zero-order valence-corrected chi connectivity index (χ0v) is 12.8.